The van der Waals surface area contributed by atoms with E-state index in [4.69, 9.17) is 4.74 Å². The van der Waals surface area contributed by atoms with E-state index in [1.807, 2.05) is 20.8 Å². The highest BCUT2D eigenvalue weighted by molar-refractivity contribution is 5.99. The lowest BCUT2D eigenvalue weighted by molar-refractivity contribution is -0.133. The summed E-state index contributed by atoms with van der Waals surface area (Å²) < 4.78 is 5.40. The van der Waals surface area contributed by atoms with Crippen LogP contribution in [0.4, 0.5) is 0 Å². The normalized spacial score (nSPS) is 16.8. The second-order valence-corrected chi connectivity index (χ2v) is 7.81. The van der Waals surface area contributed by atoms with Crippen molar-refractivity contribution in [3.05, 3.63) is 42.7 Å². The third-order valence-electron chi connectivity index (χ3n) is 5.67. The van der Waals surface area contributed by atoms with Crippen LogP contribution in [0.25, 0.3) is 0 Å². The summed E-state index contributed by atoms with van der Waals surface area (Å²) in [6.07, 6.45) is 5.62. The molecule has 0 aromatic carbocycles. The van der Waals surface area contributed by atoms with Crippen LogP contribution in [0.1, 0.15) is 37.6 Å². The zero-order valence-electron chi connectivity index (χ0n) is 17.9. The lowest BCUT2D eigenvalue weighted by atomic mass is 9.84. The molecule has 7 nitrogen and oxygen atoms in total. The fourth-order valence-electron chi connectivity index (χ4n) is 3.51. The van der Waals surface area contributed by atoms with E-state index < -0.39 is 5.54 Å². The molecule has 0 aliphatic carbocycles. The van der Waals surface area contributed by atoms with E-state index in [0.717, 1.165) is 39.3 Å². The first-order valence-corrected chi connectivity index (χ1v) is 10.3. The second-order valence-electron chi connectivity index (χ2n) is 7.81. The van der Waals surface area contributed by atoms with Gasteiger partial charge in [-0.05, 0) is 31.4 Å². The Bertz CT molecular complexity index is 674. The fourth-order valence-corrected chi connectivity index (χ4v) is 3.51. The molecule has 1 N–H and O–H groups in total. The Kier molecular flexibility index (Phi) is 8.79. The lowest BCUT2D eigenvalue weighted by Crippen LogP contribution is -2.62. The van der Waals surface area contributed by atoms with Crippen molar-refractivity contribution >= 4 is 11.8 Å². The molecule has 2 rings (SSSR count). The van der Waals surface area contributed by atoms with Gasteiger partial charge >= 0.3 is 0 Å². The van der Waals surface area contributed by atoms with E-state index in [1.165, 1.54) is 0 Å². The highest BCUT2D eigenvalue weighted by atomic mass is 16.5. The van der Waals surface area contributed by atoms with Gasteiger partial charge in [0.15, 0.2) is 0 Å². The smallest absolute Gasteiger partial charge is 0.256 e. The van der Waals surface area contributed by atoms with Crippen LogP contribution in [0, 0.1) is 5.92 Å². The number of hydrogen-bond acceptors (Lipinski definition) is 5. The van der Waals surface area contributed by atoms with E-state index in [0.29, 0.717) is 18.7 Å². The molecule has 0 spiro atoms. The van der Waals surface area contributed by atoms with Gasteiger partial charge in [0.05, 0.1) is 18.8 Å². The third-order valence-corrected chi connectivity index (χ3v) is 5.67. The Balaban J connectivity index is 2.23. The lowest BCUT2D eigenvalue weighted by Gasteiger charge is -2.43. The fraction of sp³-hybridized carbons (Fsp3) is 0.591. The number of rotatable bonds is 10. The van der Waals surface area contributed by atoms with E-state index in [-0.39, 0.29) is 17.7 Å². The molecule has 1 fully saturated rings. The zero-order chi connectivity index (χ0) is 21.3. The van der Waals surface area contributed by atoms with Gasteiger partial charge in [-0.25, -0.2) is 0 Å². The first-order chi connectivity index (χ1) is 13.9. The molecule has 29 heavy (non-hydrogen) atoms. The van der Waals surface area contributed by atoms with Crippen molar-refractivity contribution in [2.45, 2.75) is 32.7 Å². The molecule has 0 radical (unpaired) electrons. The molecule has 2 heterocycles. The van der Waals surface area contributed by atoms with Gasteiger partial charge in [-0.15, -0.1) is 6.58 Å². The maximum atomic E-state index is 13.4. The number of carbonyl (C=O) groups excluding carboxylic acids is 2. The molecule has 1 unspecified atom stereocenters. The number of aromatic nitrogens is 1. The van der Waals surface area contributed by atoms with Gasteiger partial charge in [0.25, 0.3) is 5.91 Å². The molecule has 2 amide bonds. The van der Waals surface area contributed by atoms with Crippen molar-refractivity contribution < 1.29 is 14.3 Å². The van der Waals surface area contributed by atoms with Crippen LogP contribution >= 0.6 is 0 Å². The summed E-state index contributed by atoms with van der Waals surface area (Å²) >= 11 is 0. The van der Waals surface area contributed by atoms with E-state index in [2.05, 4.69) is 21.8 Å². The van der Waals surface area contributed by atoms with Crippen LogP contribution in [0.5, 0.6) is 0 Å². The molecule has 160 valence electrons. The first kappa shape index (κ1) is 23.0. The minimum atomic E-state index is -0.985. The highest BCUT2D eigenvalue weighted by Gasteiger charge is 2.44. The van der Waals surface area contributed by atoms with Crippen LogP contribution < -0.4 is 5.32 Å². The van der Waals surface area contributed by atoms with Crippen LogP contribution in [-0.4, -0.2) is 78.1 Å². The number of pyridine rings is 1. The van der Waals surface area contributed by atoms with Crippen molar-refractivity contribution in [2.75, 3.05) is 45.9 Å². The summed E-state index contributed by atoms with van der Waals surface area (Å²) in [6.45, 7) is 14.5. The number of nitrogens with zero attached hydrogens (tertiary/aromatic N) is 3. The molecule has 1 aliphatic rings. The van der Waals surface area contributed by atoms with Crippen LogP contribution in [0.15, 0.2) is 37.2 Å². The predicted octanol–water partition coefficient (Wildman–Crippen LogP) is 1.96. The van der Waals surface area contributed by atoms with Crippen molar-refractivity contribution in [2.24, 2.45) is 5.92 Å². The summed E-state index contributed by atoms with van der Waals surface area (Å²) in [5.41, 5.74) is -0.497. The standard InChI is InChI=1S/C22H34N4O3/c1-5-9-24-21(28)22(4,18(2)3)26(20(27)19-8-6-10-23-17-19)12-7-11-25-13-15-29-16-14-25/h5-6,8,10,17-18H,1,7,9,11-16H2,2-4H3,(H,24,28). The van der Waals surface area contributed by atoms with Crippen molar-refractivity contribution in [1.29, 1.82) is 0 Å². The first-order valence-electron chi connectivity index (χ1n) is 10.3. The molecule has 1 saturated heterocycles. The van der Waals surface area contributed by atoms with E-state index >= 15 is 0 Å². The highest BCUT2D eigenvalue weighted by Crippen LogP contribution is 2.27. The molecule has 0 bridgehead atoms. The minimum Gasteiger partial charge on any atom is -0.379 e. The number of nitrogens with one attached hydrogen (secondary N) is 1. The van der Waals surface area contributed by atoms with Gasteiger partial charge in [-0.1, -0.05) is 19.9 Å². The summed E-state index contributed by atoms with van der Waals surface area (Å²) in [5.74, 6) is -0.419. The summed E-state index contributed by atoms with van der Waals surface area (Å²) in [4.78, 5) is 34.7. The van der Waals surface area contributed by atoms with Gasteiger partial charge in [-0.2, -0.15) is 0 Å². The number of ether oxygens (including phenoxy) is 1. The molecule has 1 aromatic heterocycles. The summed E-state index contributed by atoms with van der Waals surface area (Å²) in [7, 11) is 0. The molecular weight excluding hydrogens is 368 g/mol. The average Bonchev–Trinajstić information content (AvgIpc) is 2.75. The molecule has 0 saturated carbocycles. The number of carbonyl (C=O) groups is 2. The van der Waals surface area contributed by atoms with Crippen LogP contribution in [0.3, 0.4) is 0 Å². The second kappa shape index (κ2) is 11.1. The van der Waals surface area contributed by atoms with Crippen LogP contribution in [-0.2, 0) is 9.53 Å². The maximum absolute atomic E-state index is 13.4. The molecule has 1 aliphatic heterocycles. The molecular formula is C22H34N4O3. The topological polar surface area (TPSA) is 74.8 Å². The van der Waals surface area contributed by atoms with Gasteiger partial charge < -0.3 is 15.0 Å². The minimum absolute atomic E-state index is 0.0728. The Morgan fingerprint density at radius 2 is 2.14 bits per heavy atom. The average molecular weight is 403 g/mol. The molecule has 1 atom stereocenters. The van der Waals surface area contributed by atoms with Gasteiger partial charge in [0.1, 0.15) is 5.54 Å². The quantitative estimate of drug-likeness (QED) is 0.606. The van der Waals surface area contributed by atoms with Crippen molar-refractivity contribution in [1.82, 2.24) is 20.1 Å². The monoisotopic (exact) mass is 402 g/mol. The van der Waals surface area contributed by atoms with Gasteiger partial charge in [0.2, 0.25) is 5.91 Å². The van der Waals surface area contributed by atoms with Gasteiger partial charge in [0, 0.05) is 45.1 Å². The Labute approximate surface area is 174 Å². The van der Waals surface area contributed by atoms with Gasteiger partial charge in [-0.3, -0.25) is 19.5 Å². The molecule has 7 heteroatoms. The van der Waals surface area contributed by atoms with E-state index in [1.54, 1.807) is 35.5 Å². The summed E-state index contributed by atoms with van der Waals surface area (Å²) in [5, 5.41) is 2.89. The Morgan fingerprint density at radius 1 is 1.41 bits per heavy atom. The zero-order valence-corrected chi connectivity index (χ0v) is 17.9. The Hall–Kier alpha value is -2.25. The number of amides is 2. The largest absolute Gasteiger partial charge is 0.379 e. The third kappa shape index (κ3) is 5.87. The van der Waals surface area contributed by atoms with Crippen molar-refractivity contribution in [3.63, 3.8) is 0 Å². The molecule has 1 aromatic rings. The van der Waals surface area contributed by atoms with Crippen LogP contribution in [0.2, 0.25) is 0 Å². The predicted molar refractivity (Wildman–Crippen MR) is 114 cm³/mol. The SMILES string of the molecule is C=CCNC(=O)C(C)(C(C)C)N(CCCN1CCOCC1)C(=O)c1cccnc1. The van der Waals surface area contributed by atoms with E-state index in [9.17, 15) is 9.59 Å². The van der Waals surface area contributed by atoms with Crippen molar-refractivity contribution in [3.8, 4) is 0 Å². The number of morpholine rings is 1. The summed E-state index contributed by atoms with van der Waals surface area (Å²) in [6, 6.07) is 3.48. The number of hydrogen-bond donors (Lipinski definition) is 1. The maximum Gasteiger partial charge on any atom is 0.256 e. The Morgan fingerprint density at radius 3 is 2.72 bits per heavy atom.